The fourth-order valence-corrected chi connectivity index (χ4v) is 3.44. The summed E-state index contributed by atoms with van der Waals surface area (Å²) in [5.41, 5.74) is 2.13. The smallest absolute Gasteiger partial charge is 0.286 e. The van der Waals surface area contributed by atoms with Gasteiger partial charge < -0.3 is 14.8 Å². The van der Waals surface area contributed by atoms with Gasteiger partial charge in [0.1, 0.15) is 18.8 Å². The second kappa shape index (κ2) is 8.77. The second-order valence-electron chi connectivity index (χ2n) is 6.06. The number of rotatable bonds is 7. The lowest BCUT2D eigenvalue weighted by Gasteiger charge is -2.18. The van der Waals surface area contributed by atoms with Crippen molar-refractivity contribution >= 4 is 23.4 Å². The molecule has 7 nitrogen and oxygen atoms in total. The normalized spacial score (nSPS) is 12.5. The van der Waals surface area contributed by atoms with Crippen LogP contribution in [-0.4, -0.2) is 36.3 Å². The molecule has 0 spiro atoms. The van der Waals surface area contributed by atoms with Crippen LogP contribution in [0.25, 0.3) is 0 Å². The van der Waals surface area contributed by atoms with Crippen LogP contribution in [0.1, 0.15) is 21.5 Å². The highest BCUT2D eigenvalue weighted by molar-refractivity contribution is 7.98. The van der Waals surface area contributed by atoms with E-state index in [0.29, 0.717) is 31.3 Å². The molecular formula is C19H20N2O5S. The largest absolute Gasteiger partial charge is 0.486 e. The quantitative estimate of drug-likeness (QED) is 0.444. The van der Waals surface area contributed by atoms with Crippen LogP contribution in [0.2, 0.25) is 0 Å². The molecule has 1 amide bonds. The summed E-state index contributed by atoms with van der Waals surface area (Å²) >= 11 is 1.69. The van der Waals surface area contributed by atoms with E-state index < -0.39 is 10.8 Å². The van der Waals surface area contributed by atoms with Crippen molar-refractivity contribution in [1.29, 1.82) is 0 Å². The van der Waals surface area contributed by atoms with E-state index in [1.165, 1.54) is 23.3 Å². The van der Waals surface area contributed by atoms with Gasteiger partial charge in [-0.2, -0.15) is 11.8 Å². The molecule has 0 bridgehead atoms. The standard InChI is InChI=1S/C19H20N2O5S/c1-13-2-4-14(5-3-13)12-27-9-6-20-19(22)15-10-17-18(26-8-7-25-17)11-16(15)21(23)24/h2-5,10-11H,6-9,12H2,1H3,(H,20,22). The van der Waals surface area contributed by atoms with E-state index in [-0.39, 0.29) is 17.0 Å². The highest BCUT2D eigenvalue weighted by atomic mass is 32.2. The fraction of sp³-hybridized carbons (Fsp3) is 0.316. The molecule has 2 aromatic rings. The molecule has 0 saturated heterocycles. The molecule has 142 valence electrons. The number of nitro benzene ring substituents is 1. The second-order valence-corrected chi connectivity index (χ2v) is 7.17. The lowest BCUT2D eigenvalue weighted by molar-refractivity contribution is -0.385. The molecule has 27 heavy (non-hydrogen) atoms. The van der Waals surface area contributed by atoms with E-state index in [1.54, 1.807) is 11.8 Å². The first kappa shape index (κ1) is 19.0. The predicted molar refractivity (Wildman–Crippen MR) is 104 cm³/mol. The van der Waals surface area contributed by atoms with Gasteiger partial charge >= 0.3 is 0 Å². The Balaban J connectivity index is 1.55. The van der Waals surface area contributed by atoms with Crippen molar-refractivity contribution in [3.05, 3.63) is 63.2 Å². The number of thioether (sulfide) groups is 1. The molecule has 2 aromatic carbocycles. The Kier molecular flexibility index (Phi) is 6.18. The summed E-state index contributed by atoms with van der Waals surface area (Å²) in [7, 11) is 0. The van der Waals surface area contributed by atoms with Crippen LogP contribution in [0.5, 0.6) is 11.5 Å². The summed E-state index contributed by atoms with van der Waals surface area (Å²) in [6.07, 6.45) is 0. The van der Waals surface area contributed by atoms with Gasteiger partial charge in [0.05, 0.1) is 11.0 Å². The van der Waals surface area contributed by atoms with Crippen molar-refractivity contribution in [3.63, 3.8) is 0 Å². The van der Waals surface area contributed by atoms with Gasteiger partial charge in [0.15, 0.2) is 11.5 Å². The number of hydrogen-bond acceptors (Lipinski definition) is 6. The highest BCUT2D eigenvalue weighted by Crippen LogP contribution is 2.36. The number of nitrogens with zero attached hydrogens (tertiary/aromatic N) is 1. The lowest BCUT2D eigenvalue weighted by Crippen LogP contribution is -2.27. The van der Waals surface area contributed by atoms with Crippen LogP contribution in [0.3, 0.4) is 0 Å². The van der Waals surface area contributed by atoms with E-state index in [0.717, 1.165) is 5.75 Å². The van der Waals surface area contributed by atoms with E-state index in [1.807, 2.05) is 6.92 Å². The SMILES string of the molecule is Cc1ccc(CSCCNC(=O)c2cc3c(cc2[N+](=O)[O-])OCCO3)cc1. The summed E-state index contributed by atoms with van der Waals surface area (Å²) in [4.78, 5) is 23.1. The van der Waals surface area contributed by atoms with Crippen LogP contribution in [-0.2, 0) is 5.75 Å². The molecule has 0 unspecified atom stereocenters. The molecule has 0 fully saturated rings. The van der Waals surface area contributed by atoms with Gasteiger partial charge in [-0.15, -0.1) is 0 Å². The summed E-state index contributed by atoms with van der Waals surface area (Å²) in [6.45, 7) is 3.14. The van der Waals surface area contributed by atoms with Gasteiger partial charge in [0.2, 0.25) is 0 Å². The molecule has 0 radical (unpaired) electrons. The molecule has 3 rings (SSSR count). The topological polar surface area (TPSA) is 90.7 Å². The third-order valence-corrected chi connectivity index (χ3v) is 5.05. The average Bonchev–Trinajstić information content (AvgIpc) is 2.68. The molecule has 0 aromatic heterocycles. The van der Waals surface area contributed by atoms with Gasteiger partial charge in [0.25, 0.3) is 11.6 Å². The maximum Gasteiger partial charge on any atom is 0.286 e. The van der Waals surface area contributed by atoms with Crippen LogP contribution < -0.4 is 14.8 Å². The fourth-order valence-electron chi connectivity index (χ4n) is 2.62. The van der Waals surface area contributed by atoms with Crippen LogP contribution in [0.15, 0.2) is 36.4 Å². The van der Waals surface area contributed by atoms with Gasteiger partial charge in [0, 0.05) is 24.1 Å². The summed E-state index contributed by atoms with van der Waals surface area (Å²) < 4.78 is 10.8. The third-order valence-electron chi connectivity index (χ3n) is 4.02. The molecule has 0 aliphatic carbocycles. The number of aryl methyl sites for hydroxylation is 1. The number of amides is 1. The number of nitro groups is 1. The number of fused-ring (bicyclic) bond motifs is 1. The molecule has 1 aliphatic heterocycles. The zero-order chi connectivity index (χ0) is 19.2. The van der Waals surface area contributed by atoms with E-state index >= 15 is 0 Å². The highest BCUT2D eigenvalue weighted by Gasteiger charge is 2.26. The van der Waals surface area contributed by atoms with Crippen LogP contribution >= 0.6 is 11.8 Å². The molecule has 1 N–H and O–H groups in total. The summed E-state index contributed by atoms with van der Waals surface area (Å²) in [5, 5.41) is 14.0. The Hall–Kier alpha value is -2.74. The Labute approximate surface area is 161 Å². The minimum Gasteiger partial charge on any atom is -0.486 e. The number of carbonyl (C=O) groups excluding carboxylic acids is 1. The van der Waals surface area contributed by atoms with Gasteiger partial charge in [-0.05, 0) is 12.5 Å². The number of hydrogen-bond donors (Lipinski definition) is 1. The Morgan fingerprint density at radius 2 is 1.85 bits per heavy atom. The van der Waals surface area contributed by atoms with Crippen molar-refractivity contribution in [2.45, 2.75) is 12.7 Å². The van der Waals surface area contributed by atoms with Gasteiger partial charge in [-0.3, -0.25) is 14.9 Å². The minimum absolute atomic E-state index is 0.0206. The van der Waals surface area contributed by atoms with Gasteiger partial charge in [-0.1, -0.05) is 29.8 Å². The zero-order valence-electron chi connectivity index (χ0n) is 14.9. The maximum atomic E-state index is 12.4. The van der Waals surface area contributed by atoms with Crippen molar-refractivity contribution in [2.24, 2.45) is 0 Å². The van der Waals surface area contributed by atoms with E-state index in [4.69, 9.17) is 9.47 Å². The summed E-state index contributed by atoms with van der Waals surface area (Å²) in [5.74, 6) is 1.71. The van der Waals surface area contributed by atoms with E-state index in [9.17, 15) is 14.9 Å². The maximum absolute atomic E-state index is 12.4. The Bertz CT molecular complexity index is 839. The van der Waals surface area contributed by atoms with Crippen molar-refractivity contribution in [2.75, 3.05) is 25.5 Å². The average molecular weight is 388 g/mol. The molecular weight excluding hydrogens is 368 g/mol. The van der Waals surface area contributed by atoms with Gasteiger partial charge in [-0.25, -0.2) is 0 Å². The van der Waals surface area contributed by atoms with Crippen molar-refractivity contribution in [1.82, 2.24) is 5.32 Å². The number of carbonyl (C=O) groups is 1. The number of nitrogens with one attached hydrogen (secondary N) is 1. The lowest BCUT2D eigenvalue weighted by atomic mass is 10.1. The third kappa shape index (κ3) is 4.91. The Morgan fingerprint density at radius 1 is 1.19 bits per heavy atom. The first-order valence-corrected chi connectivity index (χ1v) is 9.69. The first-order valence-electron chi connectivity index (χ1n) is 8.54. The van der Waals surface area contributed by atoms with Crippen LogP contribution in [0, 0.1) is 17.0 Å². The molecule has 1 heterocycles. The van der Waals surface area contributed by atoms with Crippen molar-refractivity contribution < 1.29 is 19.2 Å². The monoisotopic (exact) mass is 388 g/mol. The summed E-state index contributed by atoms with van der Waals surface area (Å²) in [6, 6.07) is 10.9. The van der Waals surface area contributed by atoms with E-state index in [2.05, 4.69) is 29.6 Å². The van der Waals surface area contributed by atoms with Crippen LogP contribution in [0.4, 0.5) is 5.69 Å². The number of ether oxygens (including phenoxy) is 2. The molecule has 8 heteroatoms. The molecule has 0 atom stereocenters. The predicted octanol–water partition coefficient (Wildman–Crippen LogP) is 3.34. The van der Waals surface area contributed by atoms with Crippen molar-refractivity contribution in [3.8, 4) is 11.5 Å². The molecule has 1 aliphatic rings. The number of benzene rings is 2. The zero-order valence-corrected chi connectivity index (χ0v) is 15.7. The first-order chi connectivity index (χ1) is 13.0. The Morgan fingerprint density at radius 3 is 2.52 bits per heavy atom. The minimum atomic E-state index is -0.584. The molecule has 0 saturated carbocycles.